The predicted molar refractivity (Wildman–Crippen MR) is 160 cm³/mol. The lowest BCUT2D eigenvalue weighted by Gasteiger charge is -2.26. The second-order valence-electron chi connectivity index (χ2n) is 10.2. The van der Waals surface area contributed by atoms with Gasteiger partial charge in [-0.2, -0.15) is 5.10 Å². The predicted octanol–water partition coefficient (Wildman–Crippen LogP) is 3.78. The Morgan fingerprint density at radius 3 is 2.74 bits per heavy atom. The average Bonchev–Trinajstić information content (AvgIpc) is 3.23. The van der Waals surface area contributed by atoms with E-state index in [1.54, 1.807) is 0 Å². The Hall–Kier alpha value is -4.31. The third kappa shape index (κ3) is 5.91. The maximum absolute atomic E-state index is 12.4. The van der Waals surface area contributed by atoms with Crippen molar-refractivity contribution in [2.24, 2.45) is 10.8 Å². The summed E-state index contributed by atoms with van der Waals surface area (Å²) < 4.78 is 6.38. The first-order valence-corrected chi connectivity index (χ1v) is 13.0. The molecule has 2 heterocycles. The summed E-state index contributed by atoms with van der Waals surface area (Å²) in [4.78, 5) is 16.8. The van der Waals surface area contributed by atoms with Crippen molar-refractivity contribution in [3.05, 3.63) is 64.6 Å². The van der Waals surface area contributed by atoms with Crippen molar-refractivity contribution in [3.8, 4) is 0 Å². The molecule has 0 unspecified atom stereocenters. The number of nitrogens with one attached hydrogen (secondary N) is 4. The summed E-state index contributed by atoms with van der Waals surface area (Å²) in [5, 5.41) is 19.4. The minimum absolute atomic E-state index is 0.0372. The van der Waals surface area contributed by atoms with E-state index in [4.69, 9.17) is 15.6 Å². The van der Waals surface area contributed by atoms with Gasteiger partial charge >= 0.3 is 0 Å². The number of allylic oxidation sites excluding steroid dienone is 1. The maximum atomic E-state index is 12.4. The number of hydrogen-bond donors (Lipinski definition) is 5. The molecule has 206 valence electrons. The van der Waals surface area contributed by atoms with Crippen LogP contribution in [-0.4, -0.2) is 63.1 Å². The quantitative estimate of drug-likeness (QED) is 0.295. The minimum Gasteiger partial charge on any atom is -0.459 e. The van der Waals surface area contributed by atoms with Gasteiger partial charge in [-0.05, 0) is 52.6 Å². The molecular formula is C29H38N8O2. The molecule has 0 bridgehead atoms. The highest BCUT2D eigenvalue weighted by Gasteiger charge is 2.31. The summed E-state index contributed by atoms with van der Waals surface area (Å²) >= 11 is 0. The number of hydrogen-bond acceptors (Lipinski definition) is 9. The molecule has 10 heteroatoms. The largest absolute Gasteiger partial charge is 0.459 e. The molecule has 2 aromatic rings. The van der Waals surface area contributed by atoms with Crippen LogP contribution in [0, 0.1) is 12.3 Å². The molecule has 1 aromatic carbocycles. The Balaban J connectivity index is 1.84. The smallest absolute Gasteiger partial charge is 0.290 e. The van der Waals surface area contributed by atoms with Crippen LogP contribution in [0.5, 0.6) is 0 Å². The summed E-state index contributed by atoms with van der Waals surface area (Å²) in [6.45, 7) is 10.2. The highest BCUT2D eigenvalue weighted by Crippen LogP contribution is 2.37. The molecular weight excluding hydrogens is 492 g/mol. The zero-order chi connectivity index (χ0) is 28.3. The fourth-order valence-corrected chi connectivity index (χ4v) is 4.65. The van der Waals surface area contributed by atoms with Gasteiger partial charge in [0.15, 0.2) is 11.6 Å². The van der Waals surface area contributed by atoms with Crippen molar-refractivity contribution in [1.29, 1.82) is 5.41 Å². The lowest BCUT2D eigenvalue weighted by Crippen LogP contribution is -2.40. The van der Waals surface area contributed by atoms with Crippen molar-refractivity contribution in [2.75, 3.05) is 56.3 Å². The lowest BCUT2D eigenvalue weighted by molar-refractivity contribution is -0.114. The first-order valence-electron chi connectivity index (χ1n) is 13.0. The van der Waals surface area contributed by atoms with Crippen molar-refractivity contribution >= 4 is 46.3 Å². The summed E-state index contributed by atoms with van der Waals surface area (Å²) in [7, 11) is 6.14. The molecule has 0 atom stereocenters. The van der Waals surface area contributed by atoms with Gasteiger partial charge in [-0.15, -0.1) is 6.58 Å². The van der Waals surface area contributed by atoms with Gasteiger partial charge in [0, 0.05) is 49.9 Å². The molecule has 0 fully saturated rings. The monoisotopic (exact) mass is 530 g/mol. The molecule has 1 aliphatic heterocycles. The summed E-state index contributed by atoms with van der Waals surface area (Å²) in [5.74, 6) is 0.824. The van der Waals surface area contributed by atoms with Crippen LogP contribution in [0.25, 0.3) is 11.8 Å². The Kier molecular flexibility index (Phi) is 8.25. The van der Waals surface area contributed by atoms with Crippen LogP contribution in [0.1, 0.15) is 36.0 Å². The standard InChI is InChI=1S/C29H38N8O2/c1-7-12-32-21-10-9-19(16-22(21)37(6)14-13-36(4)5)33-26(24-25(30)29(38)35-34-28(24)31)27-18(3)20-15-17(2)8-11-23(20)39-27/h7,9-10,15-16,30,32-33H,1,8,11-14H2,2-6H3,(H2,31,34)(H,35,38)/b26-24+,30-25?. The van der Waals surface area contributed by atoms with Gasteiger partial charge < -0.3 is 30.6 Å². The Bertz CT molecular complexity index is 1400. The zero-order valence-corrected chi connectivity index (χ0v) is 23.4. The summed E-state index contributed by atoms with van der Waals surface area (Å²) in [6.07, 6.45) is 5.66. The van der Waals surface area contributed by atoms with E-state index >= 15 is 0 Å². The molecule has 0 spiro atoms. The fraction of sp³-hybridized carbons (Fsp3) is 0.345. The molecule has 0 radical (unpaired) electrons. The molecule has 6 N–H and O–H groups in total. The molecule has 1 aromatic heterocycles. The van der Waals surface area contributed by atoms with Crippen molar-refractivity contribution < 1.29 is 9.21 Å². The van der Waals surface area contributed by atoms with E-state index in [0.29, 0.717) is 18.0 Å². The van der Waals surface area contributed by atoms with Crippen LogP contribution in [0.2, 0.25) is 0 Å². The van der Waals surface area contributed by atoms with Crippen LogP contribution in [-0.2, 0) is 11.2 Å². The molecule has 39 heavy (non-hydrogen) atoms. The van der Waals surface area contributed by atoms with Crippen LogP contribution >= 0.6 is 0 Å². The average molecular weight is 531 g/mol. The van der Waals surface area contributed by atoms with Gasteiger partial charge in [0.2, 0.25) is 0 Å². The fourth-order valence-electron chi connectivity index (χ4n) is 4.65. The Morgan fingerprint density at radius 1 is 1.26 bits per heavy atom. The number of anilines is 3. The molecule has 0 saturated carbocycles. The van der Waals surface area contributed by atoms with Gasteiger partial charge in [-0.3, -0.25) is 10.2 Å². The van der Waals surface area contributed by atoms with E-state index in [9.17, 15) is 4.79 Å². The topological polar surface area (TPSA) is 135 Å². The highest BCUT2D eigenvalue weighted by atomic mass is 16.3. The molecule has 2 aliphatic rings. The number of rotatable bonds is 10. The molecule has 10 nitrogen and oxygen atoms in total. The van der Waals surface area contributed by atoms with E-state index in [2.05, 4.69) is 50.5 Å². The number of aryl methyl sites for hydroxylation is 1. The third-order valence-electron chi connectivity index (χ3n) is 6.89. The molecule has 1 aliphatic carbocycles. The van der Waals surface area contributed by atoms with E-state index in [1.165, 1.54) is 5.57 Å². The number of fused-ring (bicyclic) bond motifs is 1. The highest BCUT2D eigenvalue weighted by molar-refractivity contribution is 6.53. The second kappa shape index (κ2) is 11.6. The van der Waals surface area contributed by atoms with Gasteiger partial charge in [-0.25, -0.2) is 5.43 Å². The normalized spacial score (nSPS) is 16.3. The lowest BCUT2D eigenvalue weighted by atomic mass is 9.95. The number of amides is 1. The van der Waals surface area contributed by atoms with E-state index < -0.39 is 5.91 Å². The van der Waals surface area contributed by atoms with E-state index in [1.807, 2.05) is 52.3 Å². The minimum atomic E-state index is -0.628. The number of carbonyl (C=O) groups is 1. The van der Waals surface area contributed by atoms with Gasteiger partial charge in [-0.1, -0.05) is 17.7 Å². The number of nitrogens with two attached hydrogens (primary N) is 1. The molecule has 0 saturated heterocycles. The van der Waals surface area contributed by atoms with Gasteiger partial charge in [0.25, 0.3) is 5.91 Å². The van der Waals surface area contributed by atoms with Crippen LogP contribution < -0.4 is 26.7 Å². The van der Waals surface area contributed by atoms with Gasteiger partial charge in [0.1, 0.15) is 11.5 Å². The summed E-state index contributed by atoms with van der Waals surface area (Å²) in [5.41, 5.74) is 14.8. The van der Waals surface area contributed by atoms with Gasteiger partial charge in [0.05, 0.1) is 22.6 Å². The maximum Gasteiger partial charge on any atom is 0.290 e. The van der Waals surface area contributed by atoms with Crippen LogP contribution in [0.3, 0.4) is 0 Å². The van der Waals surface area contributed by atoms with Crippen molar-refractivity contribution in [1.82, 2.24) is 10.3 Å². The molecule has 1 amide bonds. The Morgan fingerprint density at radius 2 is 2.03 bits per heavy atom. The number of benzene rings is 1. The third-order valence-corrected chi connectivity index (χ3v) is 6.89. The first-order chi connectivity index (χ1) is 18.6. The number of amidine groups is 1. The van der Waals surface area contributed by atoms with Crippen LogP contribution in [0.15, 0.2) is 51.5 Å². The number of nitrogens with zero attached hydrogens (tertiary/aromatic N) is 3. The Labute approximate surface area is 229 Å². The number of likely N-dealkylation sites (N-methyl/N-ethyl adjacent to an activating group) is 2. The summed E-state index contributed by atoms with van der Waals surface area (Å²) in [6, 6.07) is 5.97. The zero-order valence-electron chi connectivity index (χ0n) is 23.4. The van der Waals surface area contributed by atoms with Crippen LogP contribution in [0.4, 0.5) is 17.1 Å². The number of hydrazone groups is 1. The van der Waals surface area contributed by atoms with E-state index in [-0.39, 0.29) is 17.1 Å². The SMILES string of the molecule is C=CCNc1ccc(N/C(=C2\C(=N)C(=O)NN=C2N)c2oc3c(c2C)C=C(C)CC3)cc1N(C)CCN(C)C. The number of carbonyl (C=O) groups excluding carboxylic acids is 1. The number of furan rings is 1. The molecule has 4 rings (SSSR count). The van der Waals surface area contributed by atoms with E-state index in [0.717, 1.165) is 59.9 Å². The van der Waals surface area contributed by atoms with Crippen molar-refractivity contribution in [2.45, 2.75) is 26.7 Å². The van der Waals surface area contributed by atoms with Crippen molar-refractivity contribution in [3.63, 3.8) is 0 Å². The first kappa shape index (κ1) is 27.7. The second-order valence-corrected chi connectivity index (χ2v) is 10.2.